The number of carboxylic acid groups (broad SMARTS) is 1. The van der Waals surface area contributed by atoms with Gasteiger partial charge in [0.2, 0.25) is 5.09 Å². The van der Waals surface area contributed by atoms with E-state index in [0.29, 0.717) is 12.8 Å². The normalized spacial score (nSPS) is 31.9. The minimum Gasteiger partial charge on any atom is -0.481 e. The number of aliphatic carboxylic acids is 1. The van der Waals surface area contributed by atoms with Gasteiger partial charge in [0.15, 0.2) is 0 Å². The summed E-state index contributed by atoms with van der Waals surface area (Å²) in [5, 5.41) is 9.00. The number of rotatable bonds is 3. The van der Waals surface area contributed by atoms with Crippen molar-refractivity contribution < 1.29 is 22.7 Å². The number of furan rings is 1. The molecular weight excluding hydrogens is 258 g/mol. The first-order chi connectivity index (χ1) is 8.51. The van der Waals surface area contributed by atoms with E-state index in [1.165, 1.54) is 22.7 Å². The highest BCUT2D eigenvalue weighted by molar-refractivity contribution is 7.89. The lowest BCUT2D eigenvalue weighted by molar-refractivity contribution is -0.142. The van der Waals surface area contributed by atoms with Crippen molar-refractivity contribution in [2.24, 2.45) is 5.92 Å². The summed E-state index contributed by atoms with van der Waals surface area (Å²) in [4.78, 5) is 11.1. The molecule has 2 fully saturated rings. The first-order valence-corrected chi connectivity index (χ1v) is 7.25. The standard InChI is InChI=1S/C11H13NO5S/c13-11(14)8-6-7-3-4-9(8)12(7)18(15,16)10-2-1-5-17-10/h1-2,5,7-9H,3-4,6H2,(H,13,14). The van der Waals surface area contributed by atoms with Crippen molar-refractivity contribution in [1.29, 1.82) is 0 Å². The molecule has 2 bridgehead atoms. The van der Waals surface area contributed by atoms with Crippen molar-refractivity contribution >= 4 is 16.0 Å². The lowest BCUT2D eigenvalue weighted by Gasteiger charge is -2.20. The Morgan fingerprint density at radius 1 is 1.44 bits per heavy atom. The van der Waals surface area contributed by atoms with Crippen LogP contribution in [0.3, 0.4) is 0 Å². The quantitative estimate of drug-likeness (QED) is 0.882. The number of fused-ring (bicyclic) bond motifs is 2. The molecule has 0 aliphatic carbocycles. The molecule has 3 unspecified atom stereocenters. The topological polar surface area (TPSA) is 87.8 Å². The molecule has 3 rings (SSSR count). The van der Waals surface area contributed by atoms with Crippen molar-refractivity contribution in [3.8, 4) is 0 Å². The van der Waals surface area contributed by atoms with Crippen LogP contribution < -0.4 is 0 Å². The maximum Gasteiger partial charge on any atom is 0.308 e. The second kappa shape index (κ2) is 3.83. The summed E-state index contributed by atoms with van der Waals surface area (Å²) in [6.45, 7) is 0. The summed E-state index contributed by atoms with van der Waals surface area (Å²) in [6.07, 6.45) is 3.05. The third kappa shape index (κ3) is 1.50. The van der Waals surface area contributed by atoms with Gasteiger partial charge < -0.3 is 9.52 Å². The SMILES string of the molecule is O=C(O)C1CC2CCC1N2S(=O)(=O)c1ccco1. The van der Waals surface area contributed by atoms with Gasteiger partial charge in [0.25, 0.3) is 10.0 Å². The largest absolute Gasteiger partial charge is 0.481 e. The lowest BCUT2D eigenvalue weighted by Crippen LogP contribution is -2.37. The molecular formula is C11H13NO5S. The van der Waals surface area contributed by atoms with Crippen LogP contribution in [0.25, 0.3) is 0 Å². The van der Waals surface area contributed by atoms with E-state index in [-0.39, 0.29) is 11.1 Å². The molecule has 7 heteroatoms. The Morgan fingerprint density at radius 2 is 2.22 bits per heavy atom. The molecule has 0 spiro atoms. The summed E-state index contributed by atoms with van der Waals surface area (Å²) in [5.41, 5.74) is 0. The van der Waals surface area contributed by atoms with Gasteiger partial charge in [0, 0.05) is 12.1 Å². The molecule has 1 N–H and O–H groups in total. The van der Waals surface area contributed by atoms with Gasteiger partial charge in [-0.3, -0.25) is 4.79 Å². The fourth-order valence-corrected chi connectivity index (χ4v) is 4.92. The van der Waals surface area contributed by atoms with E-state index in [0.717, 1.165) is 6.42 Å². The predicted octanol–water partition coefficient (Wildman–Crippen LogP) is 0.906. The molecule has 0 amide bonds. The molecule has 1 aromatic heterocycles. The zero-order valence-electron chi connectivity index (χ0n) is 9.52. The van der Waals surface area contributed by atoms with Gasteiger partial charge in [-0.1, -0.05) is 0 Å². The average molecular weight is 271 g/mol. The van der Waals surface area contributed by atoms with Crippen LogP contribution >= 0.6 is 0 Å². The fourth-order valence-electron chi connectivity index (χ4n) is 3.09. The molecule has 0 radical (unpaired) electrons. The number of carbonyl (C=O) groups is 1. The zero-order valence-corrected chi connectivity index (χ0v) is 10.3. The van der Waals surface area contributed by atoms with Crippen LogP contribution in [0.4, 0.5) is 0 Å². The summed E-state index contributed by atoms with van der Waals surface area (Å²) in [6, 6.07) is 2.27. The molecule has 2 aliphatic rings. The smallest absolute Gasteiger partial charge is 0.308 e. The van der Waals surface area contributed by atoms with E-state index in [1.54, 1.807) is 0 Å². The van der Waals surface area contributed by atoms with Crippen molar-refractivity contribution in [3.63, 3.8) is 0 Å². The molecule has 98 valence electrons. The third-order valence-electron chi connectivity index (χ3n) is 3.82. The Hall–Kier alpha value is -1.34. The summed E-state index contributed by atoms with van der Waals surface area (Å²) in [7, 11) is -3.69. The Bertz CT molecular complexity index is 564. The van der Waals surface area contributed by atoms with Crippen LogP contribution in [0.2, 0.25) is 0 Å². The van der Waals surface area contributed by atoms with Crippen LogP contribution in [0.15, 0.2) is 27.9 Å². The monoisotopic (exact) mass is 271 g/mol. The fraction of sp³-hybridized carbons (Fsp3) is 0.545. The van der Waals surface area contributed by atoms with Crippen LogP contribution in [0.1, 0.15) is 19.3 Å². The summed E-state index contributed by atoms with van der Waals surface area (Å²) >= 11 is 0. The zero-order chi connectivity index (χ0) is 12.9. The van der Waals surface area contributed by atoms with Crippen molar-refractivity contribution in [3.05, 3.63) is 18.4 Å². The maximum atomic E-state index is 12.4. The van der Waals surface area contributed by atoms with E-state index in [4.69, 9.17) is 9.52 Å². The number of nitrogens with zero attached hydrogens (tertiary/aromatic N) is 1. The molecule has 1 aromatic rings. The van der Waals surface area contributed by atoms with Gasteiger partial charge in [-0.15, -0.1) is 0 Å². The molecule has 3 atom stereocenters. The Morgan fingerprint density at radius 3 is 2.78 bits per heavy atom. The molecule has 2 aliphatic heterocycles. The van der Waals surface area contributed by atoms with Crippen molar-refractivity contribution in [2.75, 3.05) is 0 Å². The number of carboxylic acids is 1. The number of sulfonamides is 1. The van der Waals surface area contributed by atoms with Crippen LogP contribution in [0, 0.1) is 5.92 Å². The molecule has 0 saturated carbocycles. The highest BCUT2D eigenvalue weighted by atomic mass is 32.2. The highest BCUT2D eigenvalue weighted by Gasteiger charge is 2.55. The highest BCUT2D eigenvalue weighted by Crippen LogP contribution is 2.44. The lowest BCUT2D eigenvalue weighted by atomic mass is 9.89. The van der Waals surface area contributed by atoms with Gasteiger partial charge in [-0.25, -0.2) is 8.42 Å². The molecule has 18 heavy (non-hydrogen) atoms. The van der Waals surface area contributed by atoms with Gasteiger partial charge in [-0.05, 0) is 31.4 Å². The van der Waals surface area contributed by atoms with Crippen molar-refractivity contribution in [2.45, 2.75) is 36.4 Å². The minimum atomic E-state index is -3.69. The van der Waals surface area contributed by atoms with E-state index in [9.17, 15) is 13.2 Å². The Balaban J connectivity index is 1.97. The first-order valence-electron chi connectivity index (χ1n) is 5.81. The van der Waals surface area contributed by atoms with Gasteiger partial charge in [-0.2, -0.15) is 4.31 Å². The number of hydrogen-bond donors (Lipinski definition) is 1. The predicted molar refractivity (Wildman–Crippen MR) is 60.3 cm³/mol. The molecule has 0 aromatic carbocycles. The van der Waals surface area contributed by atoms with E-state index in [1.807, 2.05) is 0 Å². The first kappa shape index (κ1) is 11.7. The second-order valence-corrected chi connectivity index (χ2v) is 6.52. The van der Waals surface area contributed by atoms with Gasteiger partial charge in [0.05, 0.1) is 12.2 Å². The molecule has 2 saturated heterocycles. The summed E-state index contributed by atoms with van der Waals surface area (Å²) in [5.74, 6) is -1.50. The van der Waals surface area contributed by atoms with E-state index >= 15 is 0 Å². The van der Waals surface area contributed by atoms with Gasteiger partial charge >= 0.3 is 5.97 Å². The van der Waals surface area contributed by atoms with Crippen molar-refractivity contribution in [1.82, 2.24) is 4.31 Å². The number of hydrogen-bond acceptors (Lipinski definition) is 4. The van der Waals surface area contributed by atoms with Crippen LogP contribution in [-0.4, -0.2) is 35.9 Å². The summed E-state index contributed by atoms with van der Waals surface area (Å²) < 4.78 is 31.0. The Kier molecular flexibility index (Phi) is 2.49. The van der Waals surface area contributed by atoms with E-state index in [2.05, 4.69) is 0 Å². The maximum absolute atomic E-state index is 12.4. The average Bonchev–Trinajstić information content (AvgIpc) is 3.04. The molecule has 3 heterocycles. The minimum absolute atomic E-state index is 0.106. The third-order valence-corrected chi connectivity index (χ3v) is 5.68. The van der Waals surface area contributed by atoms with Crippen LogP contribution in [0.5, 0.6) is 0 Å². The molecule has 6 nitrogen and oxygen atoms in total. The van der Waals surface area contributed by atoms with Gasteiger partial charge in [0.1, 0.15) is 0 Å². The van der Waals surface area contributed by atoms with Crippen LogP contribution in [-0.2, 0) is 14.8 Å². The van der Waals surface area contributed by atoms with E-state index < -0.39 is 28.0 Å². The Labute approximate surface area is 104 Å². The second-order valence-electron chi connectivity index (χ2n) is 4.75.